The number of aliphatic hydroxyl groups is 1. The monoisotopic (exact) mass is 360 g/mol. The lowest BCUT2D eigenvalue weighted by molar-refractivity contribution is -0.956. The van der Waals surface area contributed by atoms with Gasteiger partial charge in [-0.2, -0.15) is 0 Å². The molecule has 0 aliphatic carbocycles. The molecule has 1 N–H and O–H groups in total. The highest BCUT2D eigenvalue weighted by Crippen LogP contribution is 2.52. The highest BCUT2D eigenvalue weighted by atomic mass is 16.6. The number of unbranched alkanes of at least 4 members (excludes halogenated alkanes) is 1. The van der Waals surface area contributed by atoms with Crippen LogP contribution in [-0.2, 0) is 14.3 Å². The molecule has 2 bridgehead atoms. The molecule has 3 fully saturated rings. The predicted octanol–water partition coefficient (Wildman–Crippen LogP) is 2.23. The third kappa shape index (κ3) is 2.96. The number of carbonyl (C=O) groups excluding carboxylic acids is 1. The van der Waals surface area contributed by atoms with Crippen LogP contribution >= 0.6 is 0 Å². The molecule has 4 rings (SSSR count). The summed E-state index contributed by atoms with van der Waals surface area (Å²) in [5, 5.41) is 9.70. The molecule has 0 spiro atoms. The number of hydrogen-bond acceptors (Lipinski definition) is 4. The molecule has 1 aromatic carbocycles. The van der Waals surface area contributed by atoms with E-state index in [4.69, 9.17) is 9.47 Å². The predicted molar refractivity (Wildman–Crippen MR) is 97.6 cm³/mol. The summed E-state index contributed by atoms with van der Waals surface area (Å²) < 4.78 is 12.9. The van der Waals surface area contributed by atoms with E-state index in [9.17, 15) is 9.90 Å². The summed E-state index contributed by atoms with van der Waals surface area (Å²) in [7, 11) is 2.36. The molecule has 3 aliphatic rings. The molecule has 1 aromatic rings. The third-order valence-electron chi connectivity index (χ3n) is 6.79. The Balaban J connectivity index is 1.42. The number of ether oxygens (including phenoxy) is 2. The number of hydrogen-bond donors (Lipinski definition) is 1. The maximum Gasteiger partial charge on any atom is 0.316 e. The highest BCUT2D eigenvalue weighted by Gasteiger charge is 2.71. The number of epoxide rings is 1. The Morgan fingerprint density at radius 3 is 2.50 bits per heavy atom. The van der Waals surface area contributed by atoms with Crippen LogP contribution in [0, 0.1) is 0 Å². The normalized spacial score (nSPS) is 38.5. The number of aliphatic hydroxyl groups excluding tert-OH is 1. The first-order valence-electron chi connectivity index (χ1n) is 9.95. The van der Waals surface area contributed by atoms with Crippen molar-refractivity contribution in [3.05, 3.63) is 35.9 Å². The SMILES string of the molecule is CCCC[N+]1(C)[C@@H]2CC(OC(=O)[C@H](CO)c3ccccc3)C[C@@H]1[C@H]1O[C@@H]12. The lowest BCUT2D eigenvalue weighted by atomic mass is 9.94. The van der Waals surface area contributed by atoms with E-state index in [1.54, 1.807) is 0 Å². The van der Waals surface area contributed by atoms with Crippen LogP contribution in [0.25, 0.3) is 0 Å². The van der Waals surface area contributed by atoms with Gasteiger partial charge in [0, 0.05) is 12.8 Å². The first-order chi connectivity index (χ1) is 12.6. The quantitative estimate of drug-likeness (QED) is 0.460. The largest absolute Gasteiger partial charge is 0.461 e. The number of quaternary nitrogens is 1. The lowest BCUT2D eigenvalue weighted by Crippen LogP contribution is -2.62. The average Bonchev–Trinajstić information content (AvgIpc) is 3.40. The zero-order valence-corrected chi connectivity index (χ0v) is 15.7. The number of carbonyl (C=O) groups is 1. The van der Waals surface area contributed by atoms with Gasteiger partial charge in [-0.05, 0) is 12.0 Å². The van der Waals surface area contributed by atoms with E-state index in [2.05, 4.69) is 14.0 Å². The van der Waals surface area contributed by atoms with Gasteiger partial charge in [0.2, 0.25) is 0 Å². The Bertz CT molecular complexity index is 631. The summed E-state index contributed by atoms with van der Waals surface area (Å²) in [6, 6.07) is 10.3. The number of esters is 1. The van der Waals surface area contributed by atoms with Gasteiger partial charge in [-0.25, -0.2) is 0 Å². The summed E-state index contributed by atoms with van der Waals surface area (Å²) >= 11 is 0. The standard InChI is InChI=1S/C21H30NO4/c1-3-4-10-22(2)17-11-15(12-18(22)20-19(17)26-20)25-21(24)16(13-23)14-8-6-5-7-9-14/h5-9,15-20,23H,3-4,10-13H2,1-2H3/q+1/t15?,16-,17-,18-,19-,20-,22?/m1/s1. The maximum atomic E-state index is 12.7. The molecule has 26 heavy (non-hydrogen) atoms. The van der Waals surface area contributed by atoms with Crippen LogP contribution in [0.15, 0.2) is 30.3 Å². The molecular formula is C21H30NO4+. The van der Waals surface area contributed by atoms with E-state index in [1.807, 2.05) is 30.3 Å². The van der Waals surface area contributed by atoms with Gasteiger partial charge in [0.15, 0.2) is 0 Å². The number of likely N-dealkylation sites (N-methyl/N-ethyl adjacent to an activating group) is 1. The molecule has 5 heteroatoms. The minimum atomic E-state index is -0.595. The molecule has 0 radical (unpaired) electrons. The van der Waals surface area contributed by atoms with E-state index >= 15 is 0 Å². The molecule has 5 atom stereocenters. The van der Waals surface area contributed by atoms with Crippen LogP contribution in [0.5, 0.6) is 0 Å². The zero-order chi connectivity index (χ0) is 18.3. The van der Waals surface area contributed by atoms with E-state index < -0.39 is 5.92 Å². The molecule has 5 nitrogen and oxygen atoms in total. The van der Waals surface area contributed by atoms with Crippen molar-refractivity contribution < 1.29 is 23.9 Å². The van der Waals surface area contributed by atoms with Gasteiger partial charge >= 0.3 is 5.97 Å². The summed E-state index contributed by atoms with van der Waals surface area (Å²) in [5.41, 5.74) is 0.813. The average molecular weight is 360 g/mol. The van der Waals surface area contributed by atoms with Crippen molar-refractivity contribution in [1.29, 1.82) is 0 Å². The fourth-order valence-corrected chi connectivity index (χ4v) is 5.23. The second-order valence-electron chi connectivity index (χ2n) is 8.30. The second-order valence-corrected chi connectivity index (χ2v) is 8.30. The van der Waals surface area contributed by atoms with Crippen molar-refractivity contribution in [2.45, 2.75) is 68.9 Å². The zero-order valence-electron chi connectivity index (χ0n) is 15.7. The van der Waals surface area contributed by atoms with Crippen LogP contribution in [0.4, 0.5) is 0 Å². The topological polar surface area (TPSA) is 59.1 Å². The Kier molecular flexibility index (Phi) is 4.80. The van der Waals surface area contributed by atoms with Crippen molar-refractivity contribution >= 4 is 5.97 Å². The number of benzene rings is 1. The van der Waals surface area contributed by atoms with Crippen LogP contribution in [0.1, 0.15) is 44.1 Å². The molecule has 142 valence electrons. The van der Waals surface area contributed by atoms with Crippen molar-refractivity contribution in [2.75, 3.05) is 20.2 Å². The van der Waals surface area contributed by atoms with Crippen molar-refractivity contribution in [1.82, 2.24) is 0 Å². The van der Waals surface area contributed by atoms with Gasteiger partial charge in [-0.15, -0.1) is 0 Å². The lowest BCUT2D eigenvalue weighted by Gasteiger charge is -2.48. The Morgan fingerprint density at radius 1 is 1.27 bits per heavy atom. The smallest absolute Gasteiger partial charge is 0.316 e. The molecule has 0 saturated carbocycles. The number of fused-ring (bicyclic) bond motifs is 5. The second kappa shape index (κ2) is 6.95. The van der Waals surface area contributed by atoms with Gasteiger partial charge in [0.05, 0.1) is 20.2 Å². The number of nitrogens with zero attached hydrogens (tertiary/aromatic N) is 1. The van der Waals surface area contributed by atoms with Crippen molar-refractivity contribution in [2.24, 2.45) is 0 Å². The highest BCUT2D eigenvalue weighted by molar-refractivity contribution is 5.78. The van der Waals surface area contributed by atoms with E-state index in [1.165, 1.54) is 19.4 Å². The Morgan fingerprint density at radius 2 is 1.92 bits per heavy atom. The van der Waals surface area contributed by atoms with Crippen LogP contribution in [-0.4, -0.2) is 66.2 Å². The molecule has 0 aromatic heterocycles. The molecular weight excluding hydrogens is 330 g/mol. The molecule has 0 amide bonds. The fraction of sp³-hybridized carbons (Fsp3) is 0.667. The first-order valence-corrected chi connectivity index (χ1v) is 9.95. The van der Waals surface area contributed by atoms with Gasteiger partial charge in [-0.1, -0.05) is 43.7 Å². The van der Waals surface area contributed by atoms with E-state index in [-0.39, 0.29) is 18.7 Å². The number of rotatable bonds is 7. The molecule has 3 aliphatic heterocycles. The van der Waals surface area contributed by atoms with E-state index in [0.717, 1.165) is 22.9 Å². The summed E-state index contributed by atoms with van der Waals surface area (Å²) in [4.78, 5) is 12.7. The third-order valence-corrected chi connectivity index (χ3v) is 6.79. The van der Waals surface area contributed by atoms with Crippen LogP contribution in [0.2, 0.25) is 0 Å². The van der Waals surface area contributed by atoms with Crippen molar-refractivity contribution in [3.8, 4) is 0 Å². The summed E-state index contributed by atoms with van der Waals surface area (Å²) in [6.45, 7) is 3.20. The number of piperidine rings is 1. The van der Waals surface area contributed by atoms with Crippen LogP contribution in [0.3, 0.4) is 0 Å². The molecule has 3 heterocycles. The Labute approximate surface area is 155 Å². The summed E-state index contributed by atoms with van der Waals surface area (Å²) in [5.74, 6) is -0.898. The molecule has 3 saturated heterocycles. The number of morpholine rings is 1. The van der Waals surface area contributed by atoms with Crippen molar-refractivity contribution in [3.63, 3.8) is 0 Å². The maximum absolute atomic E-state index is 12.7. The van der Waals surface area contributed by atoms with Gasteiger partial charge in [-0.3, -0.25) is 4.79 Å². The van der Waals surface area contributed by atoms with E-state index in [0.29, 0.717) is 24.3 Å². The van der Waals surface area contributed by atoms with Gasteiger partial charge in [0.1, 0.15) is 36.3 Å². The fourth-order valence-electron chi connectivity index (χ4n) is 5.23. The minimum absolute atomic E-state index is 0.0560. The first kappa shape index (κ1) is 18.0. The Hall–Kier alpha value is -1.43. The molecule has 0 unspecified atom stereocenters. The van der Waals surface area contributed by atoms with Gasteiger partial charge < -0.3 is 19.1 Å². The van der Waals surface area contributed by atoms with Gasteiger partial charge in [0.25, 0.3) is 0 Å². The summed E-state index contributed by atoms with van der Waals surface area (Å²) in [6.07, 6.45) is 4.83. The minimum Gasteiger partial charge on any atom is -0.461 e. The van der Waals surface area contributed by atoms with Crippen LogP contribution < -0.4 is 0 Å².